The average molecular weight is 462 g/mol. The number of hydrogen-bond donors (Lipinski definition) is 1. The zero-order valence-electron chi connectivity index (χ0n) is 20.0. The second-order valence-corrected chi connectivity index (χ2v) is 9.55. The molecule has 6 nitrogen and oxygen atoms in total. The Balaban J connectivity index is 1.37. The summed E-state index contributed by atoms with van der Waals surface area (Å²) in [6.45, 7) is 4.75. The molecule has 0 saturated carbocycles. The summed E-state index contributed by atoms with van der Waals surface area (Å²) in [5, 5.41) is 3.06. The molecule has 180 valence electrons. The van der Waals surface area contributed by atoms with Crippen molar-refractivity contribution in [2.75, 3.05) is 26.2 Å². The van der Waals surface area contributed by atoms with Gasteiger partial charge < -0.3 is 15.1 Å². The van der Waals surface area contributed by atoms with E-state index in [1.54, 1.807) is 12.1 Å². The second-order valence-electron chi connectivity index (χ2n) is 9.55. The van der Waals surface area contributed by atoms with Crippen LogP contribution in [0, 0.1) is 12.8 Å². The molecule has 0 aliphatic carbocycles. The minimum Gasteiger partial charge on any atom is -0.343 e. The Morgan fingerprint density at radius 1 is 0.882 bits per heavy atom. The van der Waals surface area contributed by atoms with Gasteiger partial charge in [-0.25, -0.2) is 0 Å². The number of carbonyl (C=O) groups is 3. The molecule has 1 unspecified atom stereocenters. The van der Waals surface area contributed by atoms with Gasteiger partial charge in [-0.3, -0.25) is 14.4 Å². The molecule has 2 fully saturated rings. The number of nitrogens with one attached hydrogen (secondary N) is 1. The van der Waals surface area contributed by atoms with Crippen LogP contribution in [0.5, 0.6) is 0 Å². The second kappa shape index (κ2) is 11.3. The van der Waals surface area contributed by atoms with E-state index < -0.39 is 6.04 Å². The van der Waals surface area contributed by atoms with Gasteiger partial charge in [0.2, 0.25) is 11.8 Å². The zero-order chi connectivity index (χ0) is 23.9. The van der Waals surface area contributed by atoms with Crippen molar-refractivity contribution in [2.45, 2.75) is 51.5 Å². The number of amides is 3. The first-order valence-corrected chi connectivity index (χ1v) is 12.5. The lowest BCUT2D eigenvalue weighted by Gasteiger charge is -2.37. The predicted molar refractivity (Wildman–Crippen MR) is 132 cm³/mol. The van der Waals surface area contributed by atoms with Crippen LogP contribution in [0.4, 0.5) is 0 Å². The molecule has 1 atom stereocenters. The summed E-state index contributed by atoms with van der Waals surface area (Å²) in [4.78, 5) is 42.9. The zero-order valence-corrected chi connectivity index (χ0v) is 20.0. The minimum atomic E-state index is -0.548. The van der Waals surface area contributed by atoms with Crippen LogP contribution >= 0.6 is 0 Å². The van der Waals surface area contributed by atoms with Crippen LogP contribution in [0.1, 0.15) is 53.6 Å². The van der Waals surface area contributed by atoms with Crippen LogP contribution in [-0.4, -0.2) is 59.7 Å². The molecule has 2 aromatic carbocycles. The third kappa shape index (κ3) is 6.04. The van der Waals surface area contributed by atoms with Gasteiger partial charge in [0, 0.05) is 38.2 Å². The number of nitrogens with zero attached hydrogens (tertiary/aromatic N) is 2. The van der Waals surface area contributed by atoms with Gasteiger partial charge in [-0.05, 0) is 62.6 Å². The van der Waals surface area contributed by atoms with Crippen molar-refractivity contribution in [1.82, 2.24) is 15.1 Å². The molecule has 0 aromatic heterocycles. The maximum atomic E-state index is 13.4. The van der Waals surface area contributed by atoms with Crippen molar-refractivity contribution >= 4 is 17.7 Å². The fourth-order valence-corrected chi connectivity index (χ4v) is 4.98. The first-order chi connectivity index (χ1) is 16.5. The predicted octanol–water partition coefficient (Wildman–Crippen LogP) is 3.59. The highest BCUT2D eigenvalue weighted by Gasteiger charge is 2.36. The van der Waals surface area contributed by atoms with Crippen molar-refractivity contribution in [1.29, 1.82) is 0 Å². The Hall–Kier alpha value is -3.15. The van der Waals surface area contributed by atoms with E-state index in [2.05, 4.69) is 5.32 Å². The van der Waals surface area contributed by atoms with E-state index >= 15 is 0 Å². The molecule has 2 aliphatic rings. The molecule has 34 heavy (non-hydrogen) atoms. The number of carbonyl (C=O) groups excluding carboxylic acids is 3. The van der Waals surface area contributed by atoms with Crippen molar-refractivity contribution in [3.05, 3.63) is 71.3 Å². The van der Waals surface area contributed by atoms with Gasteiger partial charge >= 0.3 is 0 Å². The number of aryl methyl sites for hydroxylation is 2. The maximum absolute atomic E-state index is 13.4. The number of hydrogen-bond acceptors (Lipinski definition) is 3. The maximum Gasteiger partial charge on any atom is 0.251 e. The van der Waals surface area contributed by atoms with E-state index in [0.29, 0.717) is 25.1 Å². The average Bonchev–Trinajstić information content (AvgIpc) is 3.42. The molecule has 4 rings (SSSR count). The topological polar surface area (TPSA) is 69.7 Å². The molecular formula is C28H35N3O3. The normalized spacial score (nSPS) is 17.4. The van der Waals surface area contributed by atoms with Gasteiger partial charge in [-0.15, -0.1) is 0 Å². The molecule has 2 saturated heterocycles. The van der Waals surface area contributed by atoms with E-state index in [4.69, 9.17) is 0 Å². The first-order valence-electron chi connectivity index (χ1n) is 12.5. The summed E-state index contributed by atoms with van der Waals surface area (Å²) in [7, 11) is 0. The highest BCUT2D eigenvalue weighted by atomic mass is 16.2. The van der Waals surface area contributed by atoms with Crippen LogP contribution in [0.15, 0.2) is 54.6 Å². The highest BCUT2D eigenvalue weighted by Crippen LogP contribution is 2.24. The highest BCUT2D eigenvalue weighted by molar-refractivity contribution is 5.97. The van der Waals surface area contributed by atoms with Gasteiger partial charge in [-0.1, -0.05) is 48.0 Å². The Morgan fingerprint density at radius 3 is 2.18 bits per heavy atom. The largest absolute Gasteiger partial charge is 0.343 e. The molecule has 0 spiro atoms. The van der Waals surface area contributed by atoms with Crippen LogP contribution < -0.4 is 5.32 Å². The quantitative estimate of drug-likeness (QED) is 0.685. The van der Waals surface area contributed by atoms with Crippen LogP contribution in [0.25, 0.3) is 0 Å². The summed E-state index contributed by atoms with van der Waals surface area (Å²) in [5.41, 5.74) is 2.82. The lowest BCUT2D eigenvalue weighted by molar-refractivity contribution is -0.135. The smallest absolute Gasteiger partial charge is 0.251 e. The SMILES string of the molecule is Cc1ccc(C(=O)NC(C(=O)N2CCCC2)C2CCN(C(=O)CCc3ccccc3)CC2)cc1. The third-order valence-corrected chi connectivity index (χ3v) is 7.12. The molecule has 0 bridgehead atoms. The standard InChI is InChI=1S/C28H35N3O3/c1-21-9-12-24(13-10-21)27(33)29-26(28(34)31-17-5-6-18-31)23-15-19-30(20-16-23)25(32)14-11-22-7-3-2-4-8-22/h2-4,7-10,12-13,23,26H,5-6,11,14-20H2,1H3,(H,29,33). The number of piperidine rings is 1. The van der Waals surface area contributed by atoms with E-state index in [1.165, 1.54) is 5.56 Å². The van der Waals surface area contributed by atoms with Crippen molar-refractivity contribution in [2.24, 2.45) is 5.92 Å². The summed E-state index contributed by atoms with van der Waals surface area (Å²) in [5.74, 6) is -0.000171. The van der Waals surface area contributed by atoms with Crippen LogP contribution in [0.3, 0.4) is 0 Å². The van der Waals surface area contributed by atoms with Crippen molar-refractivity contribution < 1.29 is 14.4 Å². The Morgan fingerprint density at radius 2 is 1.53 bits per heavy atom. The monoisotopic (exact) mass is 461 g/mol. The molecule has 0 radical (unpaired) electrons. The summed E-state index contributed by atoms with van der Waals surface area (Å²) >= 11 is 0. The first kappa shape index (κ1) is 24.0. The summed E-state index contributed by atoms with van der Waals surface area (Å²) in [6, 6.07) is 16.9. The molecule has 2 aromatic rings. The van der Waals surface area contributed by atoms with Gasteiger partial charge in [0.1, 0.15) is 6.04 Å². The number of likely N-dealkylation sites (tertiary alicyclic amines) is 2. The number of rotatable bonds is 7. The van der Waals surface area contributed by atoms with E-state index in [9.17, 15) is 14.4 Å². The lowest BCUT2D eigenvalue weighted by atomic mass is 9.88. The lowest BCUT2D eigenvalue weighted by Crippen LogP contribution is -2.54. The Kier molecular flexibility index (Phi) is 7.99. The van der Waals surface area contributed by atoms with Gasteiger partial charge in [0.15, 0.2) is 0 Å². The Labute approximate surface area is 202 Å². The molecule has 3 amide bonds. The third-order valence-electron chi connectivity index (χ3n) is 7.12. The fraction of sp³-hybridized carbons (Fsp3) is 0.464. The molecular weight excluding hydrogens is 426 g/mol. The minimum absolute atomic E-state index is 0.0202. The molecule has 2 aliphatic heterocycles. The van der Waals surface area contributed by atoms with Crippen LogP contribution in [-0.2, 0) is 16.0 Å². The van der Waals surface area contributed by atoms with Crippen LogP contribution in [0.2, 0.25) is 0 Å². The van der Waals surface area contributed by atoms with Crippen molar-refractivity contribution in [3.8, 4) is 0 Å². The molecule has 2 heterocycles. The van der Waals surface area contributed by atoms with E-state index in [-0.39, 0.29) is 23.6 Å². The summed E-state index contributed by atoms with van der Waals surface area (Å²) in [6.07, 6.45) is 4.69. The van der Waals surface area contributed by atoms with E-state index in [0.717, 1.165) is 50.8 Å². The fourth-order valence-electron chi connectivity index (χ4n) is 4.98. The summed E-state index contributed by atoms with van der Waals surface area (Å²) < 4.78 is 0. The van der Waals surface area contributed by atoms with E-state index in [1.807, 2.05) is 59.2 Å². The number of benzene rings is 2. The van der Waals surface area contributed by atoms with Crippen molar-refractivity contribution in [3.63, 3.8) is 0 Å². The molecule has 1 N–H and O–H groups in total. The van der Waals surface area contributed by atoms with Gasteiger partial charge in [-0.2, -0.15) is 0 Å². The Bertz CT molecular complexity index is 976. The molecule has 6 heteroatoms. The van der Waals surface area contributed by atoms with Gasteiger partial charge in [0.05, 0.1) is 0 Å². The van der Waals surface area contributed by atoms with Gasteiger partial charge in [0.25, 0.3) is 5.91 Å².